The molecule has 0 spiro atoms. The molecule has 0 aromatic rings. The van der Waals surface area contributed by atoms with E-state index in [0.29, 0.717) is 0 Å². The Hall–Kier alpha value is 0.350. The number of rotatable bonds is 0. The van der Waals surface area contributed by atoms with Crippen LogP contribution in [-0.4, -0.2) is 30.3 Å². The van der Waals surface area contributed by atoms with Gasteiger partial charge in [0, 0.05) is 19.1 Å². The summed E-state index contributed by atoms with van der Waals surface area (Å²) in [4.78, 5) is 0. The van der Waals surface area contributed by atoms with Crippen LogP contribution < -0.4 is 5.32 Å². The predicted octanol–water partition coefficient (Wildman–Crippen LogP) is 0.316. The summed E-state index contributed by atoms with van der Waals surface area (Å²) in [6.45, 7) is 6.07. The van der Waals surface area contributed by atoms with Crippen molar-refractivity contribution in [3.63, 3.8) is 0 Å². The SMILES string of the molecule is C[C@@H]1NC[C@H]2CN(P)C[C@H]21. The van der Waals surface area contributed by atoms with E-state index in [0.717, 1.165) is 17.9 Å². The molecule has 10 heavy (non-hydrogen) atoms. The molecule has 58 valence electrons. The molecular weight excluding hydrogens is 143 g/mol. The molecule has 2 aliphatic rings. The van der Waals surface area contributed by atoms with Crippen LogP contribution in [0.5, 0.6) is 0 Å². The lowest BCUT2D eigenvalue weighted by Crippen LogP contribution is -2.26. The molecule has 2 saturated heterocycles. The lowest BCUT2D eigenvalue weighted by Gasteiger charge is -2.13. The Balaban J connectivity index is 2.05. The van der Waals surface area contributed by atoms with Gasteiger partial charge in [-0.1, -0.05) is 9.39 Å². The fourth-order valence-corrected chi connectivity index (χ4v) is 2.72. The van der Waals surface area contributed by atoms with Gasteiger partial charge in [-0.2, -0.15) is 0 Å². The van der Waals surface area contributed by atoms with Crippen molar-refractivity contribution in [2.24, 2.45) is 11.8 Å². The van der Waals surface area contributed by atoms with Gasteiger partial charge >= 0.3 is 0 Å². The number of fused-ring (bicyclic) bond motifs is 1. The lowest BCUT2D eigenvalue weighted by molar-refractivity contribution is 0.445. The summed E-state index contributed by atoms with van der Waals surface area (Å²) in [5, 5.41) is 3.51. The molecule has 0 aliphatic carbocycles. The van der Waals surface area contributed by atoms with Crippen LogP contribution in [0.3, 0.4) is 0 Å². The van der Waals surface area contributed by atoms with Gasteiger partial charge in [0.05, 0.1) is 0 Å². The second kappa shape index (κ2) is 2.44. The van der Waals surface area contributed by atoms with E-state index in [1.54, 1.807) is 0 Å². The third-order valence-electron chi connectivity index (χ3n) is 2.86. The summed E-state index contributed by atoms with van der Waals surface area (Å²) in [6.07, 6.45) is 0. The molecule has 1 N–H and O–H groups in total. The second-order valence-electron chi connectivity index (χ2n) is 3.57. The Kier molecular flexibility index (Phi) is 1.71. The Morgan fingerprint density at radius 1 is 1.50 bits per heavy atom. The maximum atomic E-state index is 3.51. The van der Waals surface area contributed by atoms with Crippen LogP contribution in [0.15, 0.2) is 0 Å². The van der Waals surface area contributed by atoms with Crippen molar-refractivity contribution in [3.8, 4) is 0 Å². The van der Waals surface area contributed by atoms with Gasteiger partial charge in [0.25, 0.3) is 0 Å². The largest absolute Gasteiger partial charge is 0.314 e. The van der Waals surface area contributed by atoms with Gasteiger partial charge in [-0.15, -0.1) is 0 Å². The summed E-state index contributed by atoms with van der Waals surface area (Å²) in [5.74, 6) is 1.84. The van der Waals surface area contributed by atoms with Crippen molar-refractivity contribution >= 4 is 9.39 Å². The zero-order chi connectivity index (χ0) is 7.14. The minimum atomic E-state index is 0.746. The first-order chi connectivity index (χ1) is 4.77. The van der Waals surface area contributed by atoms with E-state index in [4.69, 9.17) is 0 Å². The Labute approximate surface area is 64.6 Å². The van der Waals surface area contributed by atoms with E-state index in [1.807, 2.05) is 0 Å². The van der Waals surface area contributed by atoms with Gasteiger partial charge < -0.3 is 5.32 Å². The molecule has 0 bridgehead atoms. The van der Waals surface area contributed by atoms with E-state index >= 15 is 0 Å². The van der Waals surface area contributed by atoms with Gasteiger partial charge in [0.1, 0.15) is 0 Å². The summed E-state index contributed by atoms with van der Waals surface area (Å²) >= 11 is 0. The monoisotopic (exact) mass is 158 g/mol. The highest BCUT2D eigenvalue weighted by atomic mass is 31.0. The molecule has 0 amide bonds. The third kappa shape index (κ3) is 0.990. The van der Waals surface area contributed by atoms with Crippen molar-refractivity contribution in [3.05, 3.63) is 0 Å². The highest BCUT2D eigenvalue weighted by Crippen LogP contribution is 2.31. The topological polar surface area (TPSA) is 15.3 Å². The van der Waals surface area contributed by atoms with E-state index in [1.165, 1.54) is 19.6 Å². The fraction of sp³-hybridized carbons (Fsp3) is 1.00. The Morgan fingerprint density at radius 3 is 3.00 bits per heavy atom. The van der Waals surface area contributed by atoms with Crippen LogP contribution in [0.4, 0.5) is 0 Å². The van der Waals surface area contributed by atoms with Gasteiger partial charge in [0.2, 0.25) is 0 Å². The number of hydrogen-bond donors (Lipinski definition) is 1. The van der Waals surface area contributed by atoms with Gasteiger partial charge in [-0.25, -0.2) is 0 Å². The number of nitrogens with zero attached hydrogens (tertiary/aromatic N) is 1. The first-order valence-corrected chi connectivity index (χ1v) is 4.52. The Bertz CT molecular complexity index is 140. The average molecular weight is 158 g/mol. The maximum absolute atomic E-state index is 3.51. The molecule has 4 atom stereocenters. The molecule has 1 unspecified atom stereocenters. The molecule has 0 aromatic carbocycles. The lowest BCUT2D eigenvalue weighted by atomic mass is 9.95. The minimum Gasteiger partial charge on any atom is -0.314 e. The molecule has 3 heteroatoms. The zero-order valence-corrected chi connectivity index (χ0v) is 7.53. The second-order valence-corrected chi connectivity index (χ2v) is 4.31. The molecule has 0 radical (unpaired) electrons. The normalized spacial score (nSPS) is 48.0. The van der Waals surface area contributed by atoms with Gasteiger partial charge in [-0.3, -0.25) is 4.67 Å². The van der Waals surface area contributed by atoms with Crippen molar-refractivity contribution in [2.45, 2.75) is 13.0 Å². The summed E-state index contributed by atoms with van der Waals surface area (Å²) in [5.41, 5.74) is 0. The van der Waals surface area contributed by atoms with Crippen molar-refractivity contribution in [1.82, 2.24) is 9.99 Å². The van der Waals surface area contributed by atoms with E-state index in [2.05, 4.69) is 26.3 Å². The highest BCUT2D eigenvalue weighted by Gasteiger charge is 2.38. The quantitative estimate of drug-likeness (QED) is 0.511. The van der Waals surface area contributed by atoms with Crippen LogP contribution in [0, 0.1) is 11.8 Å². The minimum absolute atomic E-state index is 0.746. The van der Waals surface area contributed by atoms with Crippen LogP contribution in [0.1, 0.15) is 6.92 Å². The number of hydrogen-bond acceptors (Lipinski definition) is 2. The molecule has 0 aromatic heterocycles. The molecule has 2 nitrogen and oxygen atoms in total. The Morgan fingerprint density at radius 2 is 2.30 bits per heavy atom. The molecule has 0 saturated carbocycles. The van der Waals surface area contributed by atoms with Gasteiger partial charge in [0.15, 0.2) is 0 Å². The smallest absolute Gasteiger partial charge is 0.00830 e. The van der Waals surface area contributed by atoms with Crippen molar-refractivity contribution in [2.75, 3.05) is 19.6 Å². The molecular formula is C7H15N2P. The molecule has 2 rings (SSSR count). The fourth-order valence-electron chi connectivity index (χ4n) is 2.20. The molecule has 2 heterocycles. The summed E-state index contributed by atoms with van der Waals surface area (Å²) < 4.78 is 2.37. The zero-order valence-electron chi connectivity index (χ0n) is 6.38. The maximum Gasteiger partial charge on any atom is 0.00830 e. The van der Waals surface area contributed by atoms with E-state index in [9.17, 15) is 0 Å². The van der Waals surface area contributed by atoms with Crippen LogP contribution in [0.25, 0.3) is 0 Å². The summed E-state index contributed by atoms with van der Waals surface area (Å²) in [7, 11) is 2.80. The highest BCUT2D eigenvalue weighted by molar-refractivity contribution is 7.13. The first-order valence-electron chi connectivity index (χ1n) is 4.00. The standard InChI is InChI=1S/C7H15N2P/c1-5-7-4-9(10)3-6(7)2-8-5/h5-8H,2-4,10H2,1H3/t5-,6-,7-/m0/s1. The van der Waals surface area contributed by atoms with Crippen LogP contribution in [-0.2, 0) is 0 Å². The van der Waals surface area contributed by atoms with Crippen LogP contribution in [0.2, 0.25) is 0 Å². The first kappa shape index (κ1) is 7.02. The van der Waals surface area contributed by atoms with Crippen LogP contribution >= 0.6 is 9.39 Å². The van der Waals surface area contributed by atoms with Gasteiger partial charge in [-0.05, 0) is 25.3 Å². The third-order valence-corrected chi connectivity index (χ3v) is 3.29. The number of nitrogens with one attached hydrogen (secondary N) is 1. The predicted molar refractivity (Wildman–Crippen MR) is 45.7 cm³/mol. The van der Waals surface area contributed by atoms with E-state index in [-0.39, 0.29) is 0 Å². The van der Waals surface area contributed by atoms with E-state index < -0.39 is 0 Å². The van der Waals surface area contributed by atoms with Crippen molar-refractivity contribution < 1.29 is 0 Å². The molecule has 2 fully saturated rings. The molecule has 2 aliphatic heterocycles. The van der Waals surface area contributed by atoms with Crippen molar-refractivity contribution in [1.29, 1.82) is 0 Å². The average Bonchev–Trinajstić information content (AvgIpc) is 2.35. The summed E-state index contributed by atoms with van der Waals surface area (Å²) in [6, 6.07) is 0.746.